The van der Waals surface area contributed by atoms with E-state index in [4.69, 9.17) is 8.47 Å². The maximum atomic E-state index is 12.9. The first kappa shape index (κ1) is 22.2. The van der Waals surface area contributed by atoms with Crippen LogP contribution in [-0.2, 0) is 35.6 Å². The van der Waals surface area contributed by atoms with Crippen molar-refractivity contribution in [2.75, 3.05) is 13.6 Å². The van der Waals surface area contributed by atoms with Gasteiger partial charge in [0.2, 0.25) is 11.6 Å². The Morgan fingerprint density at radius 1 is 1.09 bits per heavy atom. The highest BCUT2D eigenvalue weighted by Crippen LogP contribution is 2.56. The normalized spacial score (nSPS) is 29.2. The largest absolute Gasteiger partial charge is 0.418 e. The summed E-state index contributed by atoms with van der Waals surface area (Å²) in [5.74, 6) is -0.335. The molecule has 33 heavy (non-hydrogen) atoms. The molecule has 3 aliphatic heterocycles. The number of carbonyl (C=O) groups excluding carboxylic acids is 1. The lowest BCUT2D eigenvalue weighted by atomic mass is 9.95. The summed E-state index contributed by atoms with van der Waals surface area (Å²) in [7, 11) is -2.86. The molecule has 3 fully saturated rings. The van der Waals surface area contributed by atoms with Crippen molar-refractivity contribution in [3.8, 4) is 11.3 Å². The summed E-state index contributed by atoms with van der Waals surface area (Å²) >= 11 is 0. The van der Waals surface area contributed by atoms with E-state index < -0.39 is 33.4 Å². The van der Waals surface area contributed by atoms with Crippen LogP contribution in [0.5, 0.6) is 0 Å². The van der Waals surface area contributed by atoms with Gasteiger partial charge >= 0.3 is 16.6 Å². The van der Waals surface area contributed by atoms with E-state index in [2.05, 4.69) is 9.97 Å². The number of nitrogens with zero attached hydrogens (tertiary/aromatic N) is 4. The maximum absolute atomic E-state index is 12.9. The van der Waals surface area contributed by atoms with Gasteiger partial charge in [0.1, 0.15) is 5.54 Å². The van der Waals surface area contributed by atoms with Gasteiger partial charge in [-0.05, 0) is 38.0 Å². The minimum absolute atomic E-state index is 0.0438. The van der Waals surface area contributed by atoms with Gasteiger partial charge in [-0.25, -0.2) is 14.2 Å². The van der Waals surface area contributed by atoms with Crippen LogP contribution in [0.15, 0.2) is 30.3 Å². The van der Waals surface area contributed by atoms with E-state index in [1.54, 1.807) is 20.0 Å². The molecule has 2 atom stereocenters. The molecule has 176 valence electrons. The topological polar surface area (TPSA) is 102 Å². The Labute approximate surface area is 187 Å². The second kappa shape index (κ2) is 6.95. The summed E-state index contributed by atoms with van der Waals surface area (Å²) in [6, 6.07) is 6.00. The second-order valence-electron chi connectivity index (χ2n) is 8.45. The van der Waals surface area contributed by atoms with E-state index in [0.29, 0.717) is 24.2 Å². The first-order valence-corrected chi connectivity index (χ1v) is 11.4. The molecular weight excluding hydrogens is 465 g/mol. The Morgan fingerprint density at radius 2 is 1.79 bits per heavy atom. The van der Waals surface area contributed by atoms with Gasteiger partial charge in [0.15, 0.2) is 5.82 Å². The van der Waals surface area contributed by atoms with Gasteiger partial charge < -0.3 is 4.90 Å². The molecule has 0 N–H and O–H groups in total. The molecule has 13 heteroatoms. The lowest BCUT2D eigenvalue weighted by molar-refractivity contribution is -0.204. The molecule has 1 amide bonds. The van der Waals surface area contributed by atoms with Crippen molar-refractivity contribution in [3.63, 3.8) is 0 Å². The number of benzene rings is 1. The lowest BCUT2D eigenvalue weighted by Crippen LogP contribution is -2.53. The summed E-state index contributed by atoms with van der Waals surface area (Å²) in [4.78, 5) is 23.3. The van der Waals surface area contributed by atoms with Crippen LogP contribution in [0.25, 0.3) is 11.3 Å². The molecule has 0 bridgehead atoms. The zero-order chi connectivity index (χ0) is 23.8. The molecule has 1 aromatic carbocycles. The average molecular weight is 484 g/mol. The first-order chi connectivity index (χ1) is 15.4. The number of halogens is 3. The number of aryl methyl sites for hydroxylation is 1. The fraction of sp³-hybridized carbons (Fsp3) is 0.450. The predicted octanol–water partition coefficient (Wildman–Crippen LogP) is 2.53. The number of likely N-dealkylation sites (N-methyl/N-ethyl adjacent to an activating group) is 1. The van der Waals surface area contributed by atoms with Crippen molar-refractivity contribution in [1.29, 1.82) is 0 Å². The monoisotopic (exact) mass is 484 g/mol. The lowest BCUT2D eigenvalue weighted by Gasteiger charge is -2.32. The van der Waals surface area contributed by atoms with Crippen molar-refractivity contribution in [2.45, 2.75) is 43.6 Å². The third kappa shape index (κ3) is 3.33. The number of alkyl halides is 3. The van der Waals surface area contributed by atoms with Crippen LogP contribution < -0.4 is 0 Å². The van der Waals surface area contributed by atoms with Gasteiger partial charge in [0.25, 0.3) is 0 Å². The van der Waals surface area contributed by atoms with Gasteiger partial charge in [0, 0.05) is 31.3 Å². The number of likely N-dealkylation sites (tertiary alicyclic amines) is 1. The van der Waals surface area contributed by atoms with Gasteiger partial charge in [-0.3, -0.25) is 4.79 Å². The Hall–Kier alpha value is -2.61. The van der Waals surface area contributed by atoms with E-state index >= 15 is 0 Å². The zero-order valence-electron chi connectivity index (χ0n) is 17.6. The fourth-order valence-corrected chi connectivity index (χ4v) is 5.74. The molecule has 3 aliphatic rings. The van der Waals surface area contributed by atoms with Crippen molar-refractivity contribution in [3.05, 3.63) is 47.4 Å². The van der Waals surface area contributed by atoms with Gasteiger partial charge in [-0.2, -0.15) is 21.6 Å². The van der Waals surface area contributed by atoms with E-state index in [-0.39, 0.29) is 30.3 Å². The number of aromatic nitrogens is 2. The van der Waals surface area contributed by atoms with E-state index in [0.717, 1.165) is 17.2 Å². The number of fused-ring (bicyclic) bond motifs is 2. The van der Waals surface area contributed by atoms with E-state index in [1.165, 1.54) is 17.0 Å². The Morgan fingerprint density at radius 3 is 2.39 bits per heavy atom. The number of hydrogen-bond acceptors (Lipinski definition) is 8. The molecule has 9 nitrogen and oxygen atoms in total. The van der Waals surface area contributed by atoms with Crippen LogP contribution in [0, 0.1) is 6.92 Å². The van der Waals surface area contributed by atoms with Crippen molar-refractivity contribution in [1.82, 2.24) is 19.9 Å². The highest BCUT2D eigenvalue weighted by Gasteiger charge is 2.71. The SMILES string of the molecule is Cc1cc(-c2ccc(C(F)(F)F)cc2)nc([C@]23CC[C@@]4(CCN(C)C4=O)N2OS(=O)(=O)O3)n1. The standard InChI is InChI=1S/C20H19F3N4O5S/c1-12-11-15(13-3-5-14(6-4-13)20(21,22)23)25-16(24-12)19-8-7-18(9-10-26(2)17(18)28)27(19)32-33(29,30)31-19/h3-6,11H,7-10H2,1-2H3/t18-,19+/m0/s1. The van der Waals surface area contributed by atoms with E-state index in [1.807, 2.05) is 0 Å². The number of hydroxylamine groups is 2. The second-order valence-corrected chi connectivity index (χ2v) is 9.58. The van der Waals surface area contributed by atoms with Gasteiger partial charge in [-0.15, -0.1) is 9.35 Å². The highest BCUT2D eigenvalue weighted by molar-refractivity contribution is 7.82. The Kier molecular flexibility index (Phi) is 4.67. The number of amides is 1. The van der Waals surface area contributed by atoms with Crippen molar-refractivity contribution in [2.24, 2.45) is 0 Å². The molecule has 1 aromatic heterocycles. The minimum atomic E-state index is -4.48. The first-order valence-electron chi connectivity index (χ1n) is 10.1. The Balaban J connectivity index is 1.60. The molecule has 0 saturated carbocycles. The van der Waals surface area contributed by atoms with Crippen LogP contribution in [-0.4, -0.2) is 53.4 Å². The van der Waals surface area contributed by atoms with Crippen LogP contribution in [0.2, 0.25) is 0 Å². The quantitative estimate of drug-likeness (QED) is 0.641. The van der Waals surface area contributed by atoms with Crippen LogP contribution in [0.4, 0.5) is 13.2 Å². The molecule has 0 unspecified atom stereocenters. The molecule has 5 rings (SSSR count). The van der Waals surface area contributed by atoms with Crippen molar-refractivity contribution >= 4 is 16.3 Å². The van der Waals surface area contributed by atoms with E-state index in [9.17, 15) is 26.4 Å². The van der Waals surface area contributed by atoms with Crippen LogP contribution in [0.1, 0.15) is 36.3 Å². The number of rotatable bonds is 2. The molecule has 3 saturated heterocycles. The maximum Gasteiger partial charge on any atom is 0.418 e. The minimum Gasteiger partial charge on any atom is -0.344 e. The third-order valence-electron chi connectivity index (χ3n) is 6.32. The summed E-state index contributed by atoms with van der Waals surface area (Å²) < 4.78 is 74.0. The fourth-order valence-electron chi connectivity index (χ4n) is 4.71. The molecular formula is C20H19F3N4O5S. The summed E-state index contributed by atoms with van der Waals surface area (Å²) in [5, 5.41) is 1.06. The van der Waals surface area contributed by atoms with Crippen LogP contribution >= 0.6 is 0 Å². The van der Waals surface area contributed by atoms with Crippen LogP contribution in [0.3, 0.4) is 0 Å². The predicted molar refractivity (Wildman–Crippen MR) is 106 cm³/mol. The third-order valence-corrected chi connectivity index (χ3v) is 7.13. The molecule has 0 radical (unpaired) electrons. The number of hydrogen-bond donors (Lipinski definition) is 0. The summed E-state index contributed by atoms with van der Waals surface area (Å²) in [6.07, 6.45) is -3.81. The summed E-state index contributed by atoms with van der Waals surface area (Å²) in [6.45, 7) is 2.06. The average Bonchev–Trinajstić information content (AvgIpc) is 3.31. The molecule has 2 aromatic rings. The summed E-state index contributed by atoms with van der Waals surface area (Å²) in [5.41, 5.74) is -2.70. The zero-order valence-corrected chi connectivity index (χ0v) is 18.4. The van der Waals surface area contributed by atoms with Gasteiger partial charge in [-0.1, -0.05) is 12.1 Å². The molecule has 4 heterocycles. The van der Waals surface area contributed by atoms with Gasteiger partial charge in [0.05, 0.1) is 11.3 Å². The molecule has 0 aliphatic carbocycles. The molecule has 1 spiro atoms. The highest BCUT2D eigenvalue weighted by atomic mass is 32.3. The smallest absolute Gasteiger partial charge is 0.344 e. The van der Waals surface area contributed by atoms with Crippen molar-refractivity contribution < 1.29 is 34.9 Å². The Bertz CT molecular complexity index is 1250. The number of carbonyl (C=O) groups is 1.